The first kappa shape index (κ1) is 25.5. The van der Waals surface area contributed by atoms with Crippen LogP contribution in [0.15, 0.2) is 53.8 Å². The standard InChI is InChI=1S/C24H36N4O4/c1-3-9-21(26-18-23(30)27-17-20-10-5-4-6-11-20)25-16-19(2)13-14-22(29)28-32-24-12-7-8-15-31-24/h3,9,13-14,16,20,24,26H,1-2,4-8,10-12,15,17-18H2,(H,27,30)(H,28,29)/b14-13+,21-9+,25-16-. The minimum atomic E-state index is -0.414. The van der Waals surface area contributed by atoms with Crippen molar-refractivity contribution >= 4 is 18.0 Å². The third-order valence-corrected chi connectivity index (χ3v) is 5.27. The average Bonchev–Trinajstić information content (AvgIpc) is 2.83. The molecule has 1 heterocycles. The number of carbonyl (C=O) groups is 2. The van der Waals surface area contributed by atoms with Gasteiger partial charge in [-0.15, -0.1) is 0 Å². The fourth-order valence-corrected chi connectivity index (χ4v) is 3.48. The Morgan fingerprint density at radius 1 is 1.06 bits per heavy atom. The van der Waals surface area contributed by atoms with Crippen molar-refractivity contribution < 1.29 is 19.2 Å². The number of nitrogens with one attached hydrogen (secondary N) is 3. The van der Waals surface area contributed by atoms with Gasteiger partial charge in [-0.3, -0.25) is 9.59 Å². The van der Waals surface area contributed by atoms with Crippen molar-refractivity contribution in [2.75, 3.05) is 19.7 Å². The molecular formula is C24H36N4O4. The maximum Gasteiger partial charge on any atom is 0.267 e. The normalized spacial score (nSPS) is 20.2. The highest BCUT2D eigenvalue weighted by molar-refractivity contribution is 5.90. The summed E-state index contributed by atoms with van der Waals surface area (Å²) in [7, 11) is 0. The molecule has 0 radical (unpaired) electrons. The number of allylic oxidation sites excluding steroid dienone is 4. The number of hydroxylamine groups is 1. The molecule has 0 bridgehead atoms. The molecule has 2 fully saturated rings. The first-order chi connectivity index (χ1) is 15.6. The molecule has 1 saturated heterocycles. The molecular weight excluding hydrogens is 408 g/mol. The van der Waals surface area contributed by atoms with Gasteiger partial charge >= 0.3 is 0 Å². The first-order valence-corrected chi connectivity index (χ1v) is 11.4. The van der Waals surface area contributed by atoms with Crippen molar-refractivity contribution in [3.63, 3.8) is 0 Å². The van der Waals surface area contributed by atoms with Gasteiger partial charge < -0.3 is 15.4 Å². The van der Waals surface area contributed by atoms with E-state index >= 15 is 0 Å². The van der Waals surface area contributed by atoms with Gasteiger partial charge in [0.05, 0.1) is 6.54 Å². The number of nitrogens with zero attached hydrogens (tertiary/aromatic N) is 1. The quantitative estimate of drug-likeness (QED) is 0.186. The third kappa shape index (κ3) is 11.1. The van der Waals surface area contributed by atoms with Crippen LogP contribution < -0.4 is 16.1 Å². The van der Waals surface area contributed by atoms with E-state index in [9.17, 15) is 9.59 Å². The Bertz CT molecular complexity index is 718. The number of hydrogen-bond acceptors (Lipinski definition) is 6. The minimum absolute atomic E-state index is 0.0712. The van der Waals surface area contributed by atoms with E-state index in [1.165, 1.54) is 50.5 Å². The maximum atomic E-state index is 12.1. The van der Waals surface area contributed by atoms with Crippen LogP contribution in [-0.2, 0) is 19.2 Å². The molecule has 0 spiro atoms. The monoisotopic (exact) mass is 444 g/mol. The van der Waals surface area contributed by atoms with Crippen LogP contribution in [-0.4, -0.2) is 44.0 Å². The van der Waals surface area contributed by atoms with Crippen LogP contribution >= 0.6 is 0 Å². The molecule has 2 rings (SSSR count). The molecule has 1 saturated carbocycles. The lowest BCUT2D eigenvalue weighted by Gasteiger charge is -2.21. The highest BCUT2D eigenvalue weighted by atomic mass is 16.8. The Kier molecular flexibility index (Phi) is 12.1. The number of rotatable bonds is 12. The first-order valence-electron chi connectivity index (χ1n) is 11.4. The summed E-state index contributed by atoms with van der Waals surface area (Å²) in [4.78, 5) is 33.4. The summed E-state index contributed by atoms with van der Waals surface area (Å²) >= 11 is 0. The molecule has 1 aliphatic carbocycles. The van der Waals surface area contributed by atoms with E-state index in [1.54, 1.807) is 12.2 Å². The van der Waals surface area contributed by atoms with E-state index in [0.29, 0.717) is 23.9 Å². The summed E-state index contributed by atoms with van der Waals surface area (Å²) < 4.78 is 5.38. The van der Waals surface area contributed by atoms with Crippen LogP contribution in [0.5, 0.6) is 0 Å². The molecule has 2 aliphatic rings. The molecule has 3 N–H and O–H groups in total. The summed E-state index contributed by atoms with van der Waals surface area (Å²) in [5, 5.41) is 5.97. The van der Waals surface area contributed by atoms with E-state index in [-0.39, 0.29) is 12.5 Å². The average molecular weight is 445 g/mol. The fourth-order valence-electron chi connectivity index (χ4n) is 3.48. The van der Waals surface area contributed by atoms with Crippen molar-refractivity contribution in [1.82, 2.24) is 16.1 Å². The van der Waals surface area contributed by atoms with Crippen LogP contribution in [0, 0.1) is 5.92 Å². The van der Waals surface area contributed by atoms with Crippen LogP contribution in [0.2, 0.25) is 0 Å². The summed E-state index contributed by atoms with van der Waals surface area (Å²) in [6, 6.07) is 0. The topological polar surface area (TPSA) is 101 Å². The Balaban J connectivity index is 1.68. The van der Waals surface area contributed by atoms with Gasteiger partial charge in [0.1, 0.15) is 5.82 Å². The van der Waals surface area contributed by atoms with Crippen LogP contribution in [0.25, 0.3) is 0 Å². The van der Waals surface area contributed by atoms with Gasteiger partial charge in [0, 0.05) is 31.9 Å². The Hall–Kier alpha value is -2.71. The van der Waals surface area contributed by atoms with Gasteiger partial charge in [-0.1, -0.05) is 38.5 Å². The SMILES string of the molecule is C=C/C=C(\N=C/C(=C)/C=C/C(=O)NOC1CCCCO1)NCC(=O)NCC1CCCCC1. The lowest BCUT2D eigenvalue weighted by atomic mass is 9.89. The van der Waals surface area contributed by atoms with Gasteiger partial charge in [0.2, 0.25) is 5.91 Å². The van der Waals surface area contributed by atoms with Crippen molar-refractivity contribution in [2.24, 2.45) is 10.9 Å². The lowest BCUT2D eigenvalue weighted by Crippen LogP contribution is -2.36. The molecule has 8 nitrogen and oxygen atoms in total. The summed E-state index contributed by atoms with van der Waals surface area (Å²) in [6.45, 7) is 9.00. The Morgan fingerprint density at radius 3 is 2.56 bits per heavy atom. The largest absolute Gasteiger partial charge is 0.361 e. The van der Waals surface area contributed by atoms with Crippen molar-refractivity contribution in [3.8, 4) is 0 Å². The Morgan fingerprint density at radius 2 is 1.84 bits per heavy atom. The molecule has 0 aromatic carbocycles. The molecule has 0 aromatic heterocycles. The Labute approximate surface area is 190 Å². The third-order valence-electron chi connectivity index (χ3n) is 5.27. The van der Waals surface area contributed by atoms with E-state index in [1.807, 2.05) is 0 Å². The fraction of sp³-hybridized carbons (Fsp3) is 0.542. The zero-order valence-corrected chi connectivity index (χ0v) is 18.8. The second-order valence-electron chi connectivity index (χ2n) is 8.00. The van der Waals surface area contributed by atoms with Gasteiger partial charge in [-0.05, 0) is 49.3 Å². The molecule has 32 heavy (non-hydrogen) atoms. The molecule has 8 heteroatoms. The molecule has 2 amide bonds. The summed E-state index contributed by atoms with van der Waals surface area (Å²) in [5.41, 5.74) is 2.85. The molecule has 1 aliphatic heterocycles. The van der Waals surface area contributed by atoms with Crippen LogP contribution in [0.4, 0.5) is 0 Å². The number of carbonyl (C=O) groups excluding carboxylic acids is 2. The summed E-state index contributed by atoms with van der Waals surface area (Å²) in [6.07, 6.45) is 16.1. The second kappa shape index (κ2) is 15.2. The maximum absolute atomic E-state index is 12.1. The van der Waals surface area contributed by atoms with E-state index < -0.39 is 12.2 Å². The molecule has 1 atom stereocenters. The highest BCUT2D eigenvalue weighted by Gasteiger charge is 2.15. The van der Waals surface area contributed by atoms with Gasteiger partial charge in [-0.2, -0.15) is 0 Å². The van der Waals surface area contributed by atoms with Crippen molar-refractivity contribution in [1.29, 1.82) is 0 Å². The van der Waals surface area contributed by atoms with Gasteiger partial charge in [-0.25, -0.2) is 15.3 Å². The molecule has 176 valence electrons. The molecule has 0 aromatic rings. The minimum Gasteiger partial charge on any atom is -0.361 e. The van der Waals surface area contributed by atoms with Crippen LogP contribution in [0.1, 0.15) is 51.4 Å². The number of hydrogen-bond donors (Lipinski definition) is 3. The zero-order chi connectivity index (χ0) is 23.0. The number of aliphatic imine (C=N–C) groups is 1. The second-order valence-corrected chi connectivity index (χ2v) is 8.00. The highest BCUT2D eigenvalue weighted by Crippen LogP contribution is 2.22. The van der Waals surface area contributed by atoms with Gasteiger partial charge in [0.25, 0.3) is 5.91 Å². The zero-order valence-electron chi connectivity index (χ0n) is 18.8. The number of amides is 2. The predicted octanol–water partition coefficient (Wildman–Crippen LogP) is 3.06. The predicted molar refractivity (Wildman–Crippen MR) is 125 cm³/mol. The van der Waals surface area contributed by atoms with Crippen molar-refractivity contribution in [3.05, 3.63) is 48.9 Å². The summed E-state index contributed by atoms with van der Waals surface area (Å²) in [5.74, 6) is 0.577. The molecule has 1 unspecified atom stereocenters. The van der Waals surface area contributed by atoms with Crippen molar-refractivity contribution in [2.45, 2.75) is 57.7 Å². The van der Waals surface area contributed by atoms with E-state index in [4.69, 9.17) is 9.57 Å². The number of ether oxygens (including phenoxy) is 1. The van der Waals surface area contributed by atoms with Crippen LogP contribution in [0.3, 0.4) is 0 Å². The lowest BCUT2D eigenvalue weighted by molar-refractivity contribution is -0.198. The van der Waals surface area contributed by atoms with E-state index in [0.717, 1.165) is 25.8 Å². The smallest absolute Gasteiger partial charge is 0.267 e. The van der Waals surface area contributed by atoms with E-state index in [2.05, 4.69) is 34.3 Å². The van der Waals surface area contributed by atoms with Gasteiger partial charge in [0.15, 0.2) is 6.29 Å².